The van der Waals surface area contributed by atoms with Gasteiger partial charge in [0.2, 0.25) is 0 Å². The van der Waals surface area contributed by atoms with Crippen molar-refractivity contribution in [2.75, 3.05) is 0 Å². The highest BCUT2D eigenvalue weighted by Gasteiger charge is 2.22. The Bertz CT molecular complexity index is 191. The predicted octanol–water partition coefficient (Wildman–Crippen LogP) is 2.96. The number of Topliss-reactive ketones (excluding diaryl/α,β-unsaturated/α-hetero) is 1. The smallest absolute Gasteiger partial charge is 0.158 e. The van der Waals surface area contributed by atoms with Crippen LogP contribution < -0.4 is 0 Å². The Balaban J connectivity index is 2.40. The lowest BCUT2D eigenvalue weighted by atomic mass is 9.81. The zero-order chi connectivity index (χ0) is 9.14. The molecule has 1 rings (SSSR count). The molecule has 0 amide bonds. The standard InChI is InChI=1S/C11H18O/c1-8(2)6-10-4-5-11(12)9(3)7-10/h8,10H,3-7H2,1-2H3. The lowest BCUT2D eigenvalue weighted by Crippen LogP contribution is -2.17. The van der Waals surface area contributed by atoms with E-state index in [1.807, 2.05) is 0 Å². The molecule has 0 aromatic carbocycles. The Hall–Kier alpha value is -0.590. The summed E-state index contributed by atoms with van der Waals surface area (Å²) in [7, 11) is 0. The van der Waals surface area contributed by atoms with Gasteiger partial charge >= 0.3 is 0 Å². The van der Waals surface area contributed by atoms with Crippen LogP contribution in [0.3, 0.4) is 0 Å². The van der Waals surface area contributed by atoms with Gasteiger partial charge in [0.1, 0.15) is 0 Å². The minimum Gasteiger partial charge on any atom is -0.295 e. The fourth-order valence-electron chi connectivity index (χ4n) is 1.94. The van der Waals surface area contributed by atoms with Crippen molar-refractivity contribution in [1.29, 1.82) is 0 Å². The Kier molecular flexibility index (Phi) is 3.07. The van der Waals surface area contributed by atoms with Crippen molar-refractivity contribution in [3.05, 3.63) is 12.2 Å². The Morgan fingerprint density at radius 2 is 2.25 bits per heavy atom. The van der Waals surface area contributed by atoms with Crippen molar-refractivity contribution in [1.82, 2.24) is 0 Å². The third-order valence-corrected chi connectivity index (χ3v) is 2.51. The highest BCUT2D eigenvalue weighted by molar-refractivity contribution is 5.95. The summed E-state index contributed by atoms with van der Waals surface area (Å²) in [6, 6.07) is 0. The van der Waals surface area contributed by atoms with Gasteiger partial charge in [0.25, 0.3) is 0 Å². The van der Waals surface area contributed by atoms with Crippen LogP contribution in [0, 0.1) is 11.8 Å². The quantitative estimate of drug-likeness (QED) is 0.576. The number of rotatable bonds is 2. The van der Waals surface area contributed by atoms with E-state index in [1.54, 1.807) is 0 Å². The van der Waals surface area contributed by atoms with Crippen molar-refractivity contribution in [3.8, 4) is 0 Å². The monoisotopic (exact) mass is 166 g/mol. The molecule has 0 aromatic heterocycles. The average molecular weight is 166 g/mol. The van der Waals surface area contributed by atoms with Crippen LogP contribution in [0.25, 0.3) is 0 Å². The van der Waals surface area contributed by atoms with E-state index in [2.05, 4.69) is 20.4 Å². The van der Waals surface area contributed by atoms with Crippen LogP contribution in [0.2, 0.25) is 0 Å². The number of ketones is 1. The molecule has 0 heterocycles. The van der Waals surface area contributed by atoms with Crippen LogP contribution in [-0.2, 0) is 4.79 Å². The number of carbonyl (C=O) groups is 1. The van der Waals surface area contributed by atoms with Crippen molar-refractivity contribution in [2.24, 2.45) is 11.8 Å². The lowest BCUT2D eigenvalue weighted by Gasteiger charge is -2.23. The maximum absolute atomic E-state index is 11.1. The molecular formula is C11H18O. The van der Waals surface area contributed by atoms with E-state index in [0.29, 0.717) is 0 Å². The van der Waals surface area contributed by atoms with Crippen LogP contribution in [0.1, 0.15) is 39.5 Å². The summed E-state index contributed by atoms with van der Waals surface area (Å²) in [6.07, 6.45) is 4.00. The Morgan fingerprint density at radius 3 is 2.75 bits per heavy atom. The van der Waals surface area contributed by atoms with Crippen molar-refractivity contribution in [3.63, 3.8) is 0 Å². The van der Waals surface area contributed by atoms with E-state index < -0.39 is 0 Å². The van der Waals surface area contributed by atoms with Crippen LogP contribution >= 0.6 is 0 Å². The van der Waals surface area contributed by atoms with E-state index >= 15 is 0 Å². The first-order valence-corrected chi connectivity index (χ1v) is 4.80. The molecule has 1 saturated carbocycles. The highest BCUT2D eigenvalue weighted by atomic mass is 16.1. The molecule has 1 unspecified atom stereocenters. The molecule has 1 nitrogen and oxygen atoms in total. The second-order valence-electron chi connectivity index (χ2n) is 4.27. The third-order valence-electron chi connectivity index (χ3n) is 2.51. The van der Waals surface area contributed by atoms with Gasteiger partial charge in [-0.2, -0.15) is 0 Å². The summed E-state index contributed by atoms with van der Waals surface area (Å²) in [6.45, 7) is 8.27. The molecule has 0 radical (unpaired) electrons. The van der Waals surface area contributed by atoms with Crippen LogP contribution in [0.5, 0.6) is 0 Å². The van der Waals surface area contributed by atoms with Crippen molar-refractivity contribution in [2.45, 2.75) is 39.5 Å². The van der Waals surface area contributed by atoms with Crippen LogP contribution in [-0.4, -0.2) is 5.78 Å². The van der Waals surface area contributed by atoms with E-state index in [4.69, 9.17) is 0 Å². The Morgan fingerprint density at radius 1 is 1.58 bits per heavy atom. The molecule has 1 fully saturated rings. The molecule has 1 aliphatic carbocycles. The molecule has 0 bridgehead atoms. The van der Waals surface area contributed by atoms with Gasteiger partial charge in [0, 0.05) is 6.42 Å². The van der Waals surface area contributed by atoms with Gasteiger partial charge in [0.05, 0.1) is 0 Å². The molecule has 1 atom stereocenters. The predicted molar refractivity (Wildman–Crippen MR) is 50.9 cm³/mol. The minimum absolute atomic E-state index is 0.287. The molecule has 0 spiro atoms. The van der Waals surface area contributed by atoms with Crippen molar-refractivity contribution >= 4 is 5.78 Å². The van der Waals surface area contributed by atoms with Gasteiger partial charge in [-0.05, 0) is 36.7 Å². The summed E-state index contributed by atoms with van der Waals surface area (Å²) in [5, 5.41) is 0. The molecule has 0 N–H and O–H groups in total. The van der Waals surface area contributed by atoms with Gasteiger partial charge in [-0.15, -0.1) is 0 Å². The van der Waals surface area contributed by atoms with Gasteiger partial charge < -0.3 is 0 Å². The summed E-state index contributed by atoms with van der Waals surface area (Å²) >= 11 is 0. The van der Waals surface area contributed by atoms with E-state index in [-0.39, 0.29) is 5.78 Å². The van der Waals surface area contributed by atoms with Crippen LogP contribution in [0.4, 0.5) is 0 Å². The molecule has 0 aliphatic heterocycles. The van der Waals surface area contributed by atoms with Crippen molar-refractivity contribution < 1.29 is 4.79 Å². The van der Waals surface area contributed by atoms with E-state index in [9.17, 15) is 4.79 Å². The summed E-state index contributed by atoms with van der Waals surface area (Å²) < 4.78 is 0. The number of carbonyl (C=O) groups excluding carboxylic acids is 1. The molecular weight excluding hydrogens is 148 g/mol. The molecule has 12 heavy (non-hydrogen) atoms. The first-order valence-electron chi connectivity index (χ1n) is 4.80. The topological polar surface area (TPSA) is 17.1 Å². The SMILES string of the molecule is C=C1CC(CC(C)C)CCC1=O. The van der Waals surface area contributed by atoms with E-state index in [0.717, 1.165) is 36.7 Å². The first-order chi connectivity index (χ1) is 5.59. The molecule has 0 saturated heterocycles. The van der Waals surface area contributed by atoms with Gasteiger partial charge in [-0.25, -0.2) is 0 Å². The maximum Gasteiger partial charge on any atom is 0.158 e. The zero-order valence-corrected chi connectivity index (χ0v) is 8.10. The summed E-state index contributed by atoms with van der Waals surface area (Å²) in [5.74, 6) is 1.75. The van der Waals surface area contributed by atoms with Gasteiger partial charge in [-0.3, -0.25) is 4.79 Å². The second kappa shape index (κ2) is 3.88. The van der Waals surface area contributed by atoms with Crippen LogP contribution in [0.15, 0.2) is 12.2 Å². The molecule has 1 aliphatic rings. The van der Waals surface area contributed by atoms with E-state index in [1.165, 1.54) is 6.42 Å². The highest BCUT2D eigenvalue weighted by Crippen LogP contribution is 2.29. The fourth-order valence-corrected chi connectivity index (χ4v) is 1.94. The maximum atomic E-state index is 11.1. The summed E-state index contributed by atoms with van der Waals surface area (Å²) in [4.78, 5) is 11.1. The zero-order valence-electron chi connectivity index (χ0n) is 8.10. The normalized spacial score (nSPS) is 25.1. The first kappa shape index (κ1) is 9.50. The molecule has 1 heteroatoms. The number of allylic oxidation sites excluding steroid dienone is 1. The molecule has 0 aromatic rings. The van der Waals surface area contributed by atoms with Gasteiger partial charge in [-0.1, -0.05) is 20.4 Å². The average Bonchev–Trinajstić information content (AvgIpc) is 1.96. The minimum atomic E-state index is 0.287. The molecule has 68 valence electrons. The van der Waals surface area contributed by atoms with Gasteiger partial charge in [0.15, 0.2) is 5.78 Å². The number of hydrogen-bond donors (Lipinski definition) is 0. The second-order valence-corrected chi connectivity index (χ2v) is 4.27. The number of hydrogen-bond acceptors (Lipinski definition) is 1. The fraction of sp³-hybridized carbons (Fsp3) is 0.727. The largest absolute Gasteiger partial charge is 0.295 e. The Labute approximate surface area is 74.9 Å². The summed E-state index contributed by atoms with van der Waals surface area (Å²) in [5.41, 5.74) is 0.854. The lowest BCUT2D eigenvalue weighted by molar-refractivity contribution is -0.117. The third kappa shape index (κ3) is 2.47.